The lowest BCUT2D eigenvalue weighted by molar-refractivity contribution is -0.116. The Labute approximate surface area is 157 Å². The van der Waals surface area contributed by atoms with E-state index in [4.69, 9.17) is 16.3 Å². The van der Waals surface area contributed by atoms with Crippen LogP contribution in [0.15, 0.2) is 67.0 Å². The zero-order chi connectivity index (χ0) is 18.2. The van der Waals surface area contributed by atoms with E-state index in [2.05, 4.69) is 10.4 Å². The molecule has 0 fully saturated rings. The van der Waals surface area contributed by atoms with Gasteiger partial charge < -0.3 is 10.1 Å². The van der Waals surface area contributed by atoms with Crippen molar-refractivity contribution in [3.8, 4) is 5.75 Å². The molecule has 3 rings (SSSR count). The molecule has 1 heterocycles. The Morgan fingerprint density at radius 2 is 1.92 bits per heavy atom. The highest BCUT2D eigenvalue weighted by Crippen LogP contribution is 2.20. The van der Waals surface area contributed by atoms with E-state index in [1.54, 1.807) is 6.20 Å². The Morgan fingerprint density at radius 1 is 1.12 bits per heavy atom. The quantitative estimate of drug-likeness (QED) is 0.634. The highest BCUT2D eigenvalue weighted by atomic mass is 35.5. The summed E-state index contributed by atoms with van der Waals surface area (Å²) >= 11 is 6.11. The number of anilines is 1. The van der Waals surface area contributed by atoms with Crippen molar-refractivity contribution in [3.63, 3.8) is 0 Å². The third-order valence-electron chi connectivity index (χ3n) is 3.84. The number of hydrogen-bond acceptors (Lipinski definition) is 3. The summed E-state index contributed by atoms with van der Waals surface area (Å²) in [6.45, 7) is 1.13. The van der Waals surface area contributed by atoms with Crippen molar-refractivity contribution in [2.45, 2.75) is 26.0 Å². The van der Waals surface area contributed by atoms with Crippen molar-refractivity contribution in [1.29, 1.82) is 0 Å². The van der Waals surface area contributed by atoms with Crippen molar-refractivity contribution in [2.24, 2.45) is 0 Å². The number of ether oxygens (including phenoxy) is 1. The molecule has 26 heavy (non-hydrogen) atoms. The van der Waals surface area contributed by atoms with Gasteiger partial charge in [0.1, 0.15) is 12.4 Å². The maximum Gasteiger partial charge on any atom is 0.224 e. The maximum absolute atomic E-state index is 12.0. The van der Waals surface area contributed by atoms with Crippen LogP contribution in [-0.4, -0.2) is 15.7 Å². The van der Waals surface area contributed by atoms with Gasteiger partial charge in [0.2, 0.25) is 5.91 Å². The number of hydrogen-bond donors (Lipinski definition) is 1. The molecule has 6 heteroatoms. The van der Waals surface area contributed by atoms with E-state index < -0.39 is 0 Å². The number of amides is 1. The van der Waals surface area contributed by atoms with Crippen LogP contribution in [0.1, 0.15) is 18.4 Å². The largest absolute Gasteiger partial charge is 0.489 e. The highest BCUT2D eigenvalue weighted by Gasteiger charge is 2.04. The maximum atomic E-state index is 12.0. The standard InChI is InChI=1S/C20H20ClN3O2/c21-19-6-2-1-5-16(19)15-26-18-10-8-17(9-11-18)23-20(25)7-3-13-24-14-4-12-22-24/h1-2,4-6,8-12,14H,3,7,13,15H2,(H,23,25). The molecule has 1 amide bonds. The lowest BCUT2D eigenvalue weighted by Gasteiger charge is -2.09. The first-order chi connectivity index (χ1) is 12.7. The van der Waals surface area contributed by atoms with E-state index in [1.165, 1.54) is 0 Å². The smallest absolute Gasteiger partial charge is 0.224 e. The number of rotatable bonds is 8. The fourth-order valence-electron chi connectivity index (χ4n) is 2.47. The Hall–Kier alpha value is -2.79. The van der Waals surface area contributed by atoms with Gasteiger partial charge in [0.05, 0.1) is 0 Å². The van der Waals surface area contributed by atoms with E-state index in [-0.39, 0.29) is 5.91 Å². The normalized spacial score (nSPS) is 10.5. The molecule has 2 aromatic carbocycles. The van der Waals surface area contributed by atoms with Gasteiger partial charge in [-0.2, -0.15) is 5.10 Å². The van der Waals surface area contributed by atoms with Gasteiger partial charge >= 0.3 is 0 Å². The fourth-order valence-corrected chi connectivity index (χ4v) is 2.66. The summed E-state index contributed by atoms with van der Waals surface area (Å²) in [5.41, 5.74) is 1.68. The average Bonchev–Trinajstić information content (AvgIpc) is 3.16. The van der Waals surface area contributed by atoms with Crippen LogP contribution in [0.3, 0.4) is 0 Å². The van der Waals surface area contributed by atoms with Crippen LogP contribution in [0.5, 0.6) is 5.75 Å². The third kappa shape index (κ3) is 5.36. The van der Waals surface area contributed by atoms with Crippen LogP contribution in [0.4, 0.5) is 5.69 Å². The SMILES string of the molecule is O=C(CCCn1cccn1)Nc1ccc(OCc2ccccc2Cl)cc1. The molecule has 0 saturated heterocycles. The minimum atomic E-state index is -0.0121. The second-order valence-corrected chi connectivity index (χ2v) is 6.23. The molecule has 0 radical (unpaired) electrons. The van der Waals surface area contributed by atoms with Gasteiger partial charge in [-0.05, 0) is 42.8 Å². The Kier molecular flexibility index (Phi) is 6.28. The number of carbonyl (C=O) groups is 1. The van der Waals surface area contributed by atoms with Gasteiger partial charge in [-0.3, -0.25) is 9.48 Å². The van der Waals surface area contributed by atoms with Crippen LogP contribution in [-0.2, 0) is 17.9 Å². The Balaban J connectivity index is 1.43. The molecule has 1 aromatic heterocycles. The van der Waals surface area contributed by atoms with Gasteiger partial charge in [-0.25, -0.2) is 0 Å². The fraction of sp³-hybridized carbons (Fsp3) is 0.200. The van der Waals surface area contributed by atoms with E-state index in [9.17, 15) is 4.79 Å². The zero-order valence-electron chi connectivity index (χ0n) is 14.3. The first-order valence-corrected chi connectivity index (χ1v) is 8.82. The second-order valence-electron chi connectivity index (χ2n) is 5.83. The number of aryl methyl sites for hydroxylation is 1. The topological polar surface area (TPSA) is 56.2 Å². The number of aromatic nitrogens is 2. The molecule has 3 aromatic rings. The summed E-state index contributed by atoms with van der Waals surface area (Å²) in [6.07, 6.45) is 4.81. The highest BCUT2D eigenvalue weighted by molar-refractivity contribution is 6.31. The minimum absolute atomic E-state index is 0.0121. The van der Waals surface area contributed by atoms with E-state index >= 15 is 0 Å². The summed E-state index contributed by atoms with van der Waals surface area (Å²) < 4.78 is 7.55. The van der Waals surface area contributed by atoms with Gasteiger partial charge in [-0.1, -0.05) is 29.8 Å². The van der Waals surface area contributed by atoms with Crippen molar-refractivity contribution in [2.75, 3.05) is 5.32 Å². The zero-order valence-corrected chi connectivity index (χ0v) is 15.0. The van der Waals surface area contributed by atoms with Crippen molar-refractivity contribution in [1.82, 2.24) is 9.78 Å². The molecule has 0 aliphatic carbocycles. The van der Waals surface area contributed by atoms with Crippen LogP contribution < -0.4 is 10.1 Å². The summed E-state index contributed by atoms with van der Waals surface area (Å²) in [4.78, 5) is 12.0. The van der Waals surface area contributed by atoms with Crippen LogP contribution in [0.2, 0.25) is 5.02 Å². The van der Waals surface area contributed by atoms with Gasteiger partial charge in [0.25, 0.3) is 0 Å². The Bertz CT molecular complexity index is 833. The number of nitrogens with zero attached hydrogens (tertiary/aromatic N) is 2. The predicted molar refractivity (Wildman–Crippen MR) is 102 cm³/mol. The monoisotopic (exact) mass is 369 g/mol. The molecule has 5 nitrogen and oxygen atoms in total. The van der Waals surface area contributed by atoms with Crippen LogP contribution >= 0.6 is 11.6 Å². The average molecular weight is 370 g/mol. The molecule has 0 saturated carbocycles. The first-order valence-electron chi connectivity index (χ1n) is 8.44. The van der Waals surface area contributed by atoms with Crippen molar-refractivity contribution < 1.29 is 9.53 Å². The summed E-state index contributed by atoms with van der Waals surface area (Å²) in [6, 6.07) is 16.8. The van der Waals surface area contributed by atoms with Gasteiger partial charge in [-0.15, -0.1) is 0 Å². The van der Waals surface area contributed by atoms with Gasteiger partial charge in [0.15, 0.2) is 0 Å². The number of carbonyl (C=O) groups excluding carboxylic acids is 1. The van der Waals surface area contributed by atoms with Crippen LogP contribution in [0, 0.1) is 0 Å². The lowest BCUT2D eigenvalue weighted by Crippen LogP contribution is -2.12. The molecular formula is C20H20ClN3O2. The number of halogens is 1. The minimum Gasteiger partial charge on any atom is -0.489 e. The molecule has 0 unspecified atom stereocenters. The third-order valence-corrected chi connectivity index (χ3v) is 4.21. The van der Waals surface area contributed by atoms with Crippen molar-refractivity contribution >= 4 is 23.2 Å². The summed E-state index contributed by atoms with van der Waals surface area (Å²) in [7, 11) is 0. The number of benzene rings is 2. The summed E-state index contributed by atoms with van der Waals surface area (Å²) in [5.74, 6) is 0.712. The molecule has 0 bridgehead atoms. The predicted octanol–water partition coefficient (Wildman–Crippen LogP) is 4.53. The van der Waals surface area contributed by atoms with Gasteiger partial charge in [0, 0.05) is 41.6 Å². The molecule has 1 N–H and O–H groups in total. The Morgan fingerprint density at radius 3 is 2.65 bits per heavy atom. The molecule has 0 aliphatic heterocycles. The first kappa shape index (κ1) is 18.0. The van der Waals surface area contributed by atoms with Crippen LogP contribution in [0.25, 0.3) is 0 Å². The summed E-state index contributed by atoms with van der Waals surface area (Å²) in [5, 5.41) is 7.69. The van der Waals surface area contributed by atoms with Crippen molar-refractivity contribution in [3.05, 3.63) is 77.6 Å². The molecular weight excluding hydrogens is 350 g/mol. The number of nitrogens with one attached hydrogen (secondary N) is 1. The molecule has 0 atom stereocenters. The second kappa shape index (κ2) is 9.06. The van der Waals surface area contributed by atoms with E-state index in [1.807, 2.05) is 65.5 Å². The lowest BCUT2D eigenvalue weighted by atomic mass is 10.2. The molecule has 0 aliphatic rings. The van der Waals surface area contributed by atoms with E-state index in [0.717, 1.165) is 30.0 Å². The van der Waals surface area contributed by atoms with E-state index in [0.29, 0.717) is 18.1 Å². The molecule has 0 spiro atoms. The molecule has 134 valence electrons.